The molecule has 1 fully saturated rings. The van der Waals surface area contributed by atoms with Gasteiger partial charge in [-0.2, -0.15) is 0 Å². The maximum Gasteiger partial charge on any atom is 0.334 e. The van der Waals surface area contributed by atoms with Crippen molar-refractivity contribution in [1.29, 1.82) is 0 Å². The molecule has 0 aromatic heterocycles. The Morgan fingerprint density at radius 1 is 0.805 bits per heavy atom. The predicted molar refractivity (Wildman–Crippen MR) is 150 cm³/mol. The third-order valence-electron chi connectivity index (χ3n) is 5.65. The van der Waals surface area contributed by atoms with Crippen LogP contribution in [0.5, 0.6) is 0 Å². The molecule has 1 rings (SSSR count). The number of carbonyl (C=O) groups is 5. The third kappa shape index (κ3) is 16.8. The number of imide groups is 2. The molecule has 0 spiro atoms. The van der Waals surface area contributed by atoms with Gasteiger partial charge in [0.25, 0.3) is 0 Å². The maximum absolute atomic E-state index is 12.7. The van der Waals surface area contributed by atoms with Crippen LogP contribution in [0.1, 0.15) is 71.6 Å². The van der Waals surface area contributed by atoms with Crippen molar-refractivity contribution in [3.63, 3.8) is 0 Å². The van der Waals surface area contributed by atoms with Crippen LogP contribution in [-0.4, -0.2) is 92.1 Å². The SMILES string of the molecule is C=C(C)OC=NCCCCCCOC(=O)CN1C(=O)CC(=O)N(CC(=O)OCCCCCCNCOC(=C)C)C1=O. The molecule has 0 aromatic rings. The maximum atomic E-state index is 12.7. The molecule has 0 saturated carbocycles. The fourth-order valence-corrected chi connectivity index (χ4v) is 3.50. The molecule has 1 aliphatic rings. The molecule has 0 radical (unpaired) electrons. The van der Waals surface area contributed by atoms with Gasteiger partial charge in [0, 0.05) is 6.54 Å². The van der Waals surface area contributed by atoms with E-state index in [0.29, 0.717) is 47.4 Å². The zero-order valence-corrected chi connectivity index (χ0v) is 24.3. The highest BCUT2D eigenvalue weighted by Crippen LogP contribution is 2.13. The number of esters is 2. The molecular weight excluding hydrogens is 536 g/mol. The molecule has 1 aliphatic heterocycles. The number of amides is 4. The van der Waals surface area contributed by atoms with Crippen LogP contribution in [0, 0.1) is 0 Å². The Morgan fingerprint density at radius 2 is 1.34 bits per heavy atom. The number of ether oxygens (including phenoxy) is 4. The number of unbranched alkanes of at least 4 members (excludes halogenated alkanes) is 6. The monoisotopic (exact) mass is 580 g/mol. The summed E-state index contributed by atoms with van der Waals surface area (Å²) in [6, 6.07) is -1.04. The largest absolute Gasteiger partial charge is 0.484 e. The second kappa shape index (κ2) is 21.1. The number of hydrogen-bond donors (Lipinski definition) is 1. The van der Waals surface area contributed by atoms with Crippen LogP contribution in [0.4, 0.5) is 4.79 Å². The summed E-state index contributed by atoms with van der Waals surface area (Å²) < 4.78 is 20.5. The van der Waals surface area contributed by atoms with Crippen LogP contribution in [0.25, 0.3) is 0 Å². The normalized spacial score (nSPS) is 13.5. The van der Waals surface area contributed by atoms with Crippen LogP contribution in [0.15, 0.2) is 29.7 Å². The van der Waals surface area contributed by atoms with E-state index in [0.717, 1.165) is 45.1 Å². The Kier molecular flexibility index (Phi) is 18.1. The van der Waals surface area contributed by atoms with Crippen molar-refractivity contribution in [1.82, 2.24) is 15.1 Å². The van der Waals surface area contributed by atoms with Crippen molar-refractivity contribution >= 4 is 36.2 Å². The number of allylic oxidation sites excluding steroid dienone is 2. The average Bonchev–Trinajstić information content (AvgIpc) is 2.90. The fraction of sp³-hybridized carbons (Fsp3) is 0.643. The van der Waals surface area contributed by atoms with Crippen molar-refractivity contribution in [2.24, 2.45) is 4.99 Å². The van der Waals surface area contributed by atoms with Crippen LogP contribution >= 0.6 is 0 Å². The van der Waals surface area contributed by atoms with Gasteiger partial charge in [-0.15, -0.1) is 0 Å². The minimum Gasteiger partial charge on any atom is -0.484 e. The number of hydrogen-bond acceptors (Lipinski definition) is 11. The molecule has 1 N–H and O–H groups in total. The summed E-state index contributed by atoms with van der Waals surface area (Å²) in [5.74, 6) is -1.97. The molecule has 13 heteroatoms. The molecule has 1 heterocycles. The number of barbiturate groups is 1. The first-order valence-electron chi connectivity index (χ1n) is 13.9. The van der Waals surface area contributed by atoms with Crippen molar-refractivity contribution < 1.29 is 42.9 Å². The van der Waals surface area contributed by atoms with Gasteiger partial charge in [-0.1, -0.05) is 32.4 Å². The van der Waals surface area contributed by atoms with E-state index in [1.165, 1.54) is 6.40 Å². The molecular formula is C28H44N4O9. The molecule has 4 amide bonds. The summed E-state index contributed by atoms with van der Waals surface area (Å²) in [7, 11) is 0. The first kappa shape index (κ1) is 35.3. The first-order valence-corrected chi connectivity index (χ1v) is 13.9. The molecule has 0 bridgehead atoms. The van der Waals surface area contributed by atoms with Gasteiger partial charge < -0.3 is 18.9 Å². The molecule has 0 atom stereocenters. The van der Waals surface area contributed by atoms with Gasteiger partial charge in [0.1, 0.15) is 26.2 Å². The highest BCUT2D eigenvalue weighted by atomic mass is 16.5. The third-order valence-corrected chi connectivity index (χ3v) is 5.65. The van der Waals surface area contributed by atoms with E-state index in [2.05, 4.69) is 23.5 Å². The lowest BCUT2D eigenvalue weighted by molar-refractivity contribution is -0.155. The van der Waals surface area contributed by atoms with Gasteiger partial charge in [-0.3, -0.25) is 39.3 Å². The number of urea groups is 1. The highest BCUT2D eigenvalue weighted by molar-refractivity contribution is 6.15. The zero-order valence-electron chi connectivity index (χ0n) is 24.3. The van der Waals surface area contributed by atoms with Gasteiger partial charge in [0.05, 0.1) is 24.7 Å². The van der Waals surface area contributed by atoms with Gasteiger partial charge >= 0.3 is 18.0 Å². The van der Waals surface area contributed by atoms with Gasteiger partial charge in [-0.25, -0.2) is 4.79 Å². The Bertz CT molecular complexity index is 936. The van der Waals surface area contributed by atoms with Crippen molar-refractivity contribution in [3.05, 3.63) is 24.7 Å². The number of rotatable bonds is 23. The predicted octanol–water partition coefficient (Wildman–Crippen LogP) is 3.05. The van der Waals surface area contributed by atoms with Crippen LogP contribution in [0.3, 0.4) is 0 Å². The van der Waals surface area contributed by atoms with E-state index in [1.54, 1.807) is 13.8 Å². The molecule has 0 unspecified atom stereocenters. The van der Waals surface area contributed by atoms with Crippen LogP contribution < -0.4 is 5.32 Å². The van der Waals surface area contributed by atoms with Crippen molar-refractivity contribution in [3.8, 4) is 0 Å². The van der Waals surface area contributed by atoms with E-state index >= 15 is 0 Å². The number of nitrogens with zero attached hydrogens (tertiary/aromatic N) is 3. The lowest BCUT2D eigenvalue weighted by Crippen LogP contribution is -2.57. The number of aliphatic imine (C=N–C) groups is 1. The smallest absolute Gasteiger partial charge is 0.334 e. The molecule has 0 aromatic carbocycles. The molecule has 41 heavy (non-hydrogen) atoms. The average molecular weight is 581 g/mol. The second-order valence-corrected chi connectivity index (χ2v) is 9.51. The topological polar surface area (TPSA) is 153 Å². The Hall–Kier alpha value is -3.74. The minimum atomic E-state index is -1.04. The van der Waals surface area contributed by atoms with E-state index in [-0.39, 0.29) is 13.2 Å². The fourth-order valence-electron chi connectivity index (χ4n) is 3.50. The minimum absolute atomic E-state index is 0.131. The molecule has 230 valence electrons. The summed E-state index contributed by atoms with van der Waals surface area (Å²) in [6.45, 7) is 11.6. The number of carbonyl (C=O) groups excluding carboxylic acids is 5. The molecule has 13 nitrogen and oxygen atoms in total. The van der Waals surface area contributed by atoms with E-state index in [9.17, 15) is 24.0 Å². The van der Waals surface area contributed by atoms with Crippen molar-refractivity contribution in [2.45, 2.75) is 71.6 Å². The zero-order chi connectivity index (χ0) is 30.5. The second-order valence-electron chi connectivity index (χ2n) is 9.51. The molecule has 1 saturated heterocycles. The summed E-state index contributed by atoms with van der Waals surface area (Å²) in [5, 5.41) is 3.12. The highest BCUT2D eigenvalue weighted by Gasteiger charge is 2.40. The Balaban J connectivity index is 2.25. The van der Waals surface area contributed by atoms with E-state index in [1.807, 2.05) is 0 Å². The van der Waals surface area contributed by atoms with Gasteiger partial charge in [-0.05, 0) is 52.5 Å². The number of nitrogens with one attached hydrogen (secondary N) is 1. The van der Waals surface area contributed by atoms with E-state index in [4.69, 9.17) is 18.9 Å². The van der Waals surface area contributed by atoms with Crippen LogP contribution in [0.2, 0.25) is 0 Å². The molecule has 0 aliphatic carbocycles. The Morgan fingerprint density at radius 3 is 1.88 bits per heavy atom. The summed E-state index contributed by atoms with van der Waals surface area (Å²) in [4.78, 5) is 66.8. The van der Waals surface area contributed by atoms with E-state index < -0.39 is 49.3 Å². The standard InChI is InChI=1S/C28H44N4O9/c1-22(2)40-20-29-13-9-5-7-11-15-38-26(35)18-31-24(33)17-25(34)32(28(31)37)19-27(36)39-16-12-8-6-10-14-30-21-41-23(3)4/h20,30H,1,3,5-19,21H2,2,4H3. The lowest BCUT2D eigenvalue weighted by atomic mass is 10.2. The summed E-state index contributed by atoms with van der Waals surface area (Å²) in [5.41, 5.74) is 0. The Labute approximate surface area is 241 Å². The van der Waals surface area contributed by atoms with Crippen molar-refractivity contribution in [2.75, 3.05) is 46.1 Å². The summed E-state index contributed by atoms with van der Waals surface area (Å²) in [6.07, 6.45) is 7.19. The quantitative estimate of drug-likeness (QED) is 0.0363. The van der Waals surface area contributed by atoms with Crippen LogP contribution in [-0.2, 0) is 38.1 Å². The first-order chi connectivity index (χ1) is 19.6. The van der Waals surface area contributed by atoms with Gasteiger partial charge in [0.2, 0.25) is 11.8 Å². The lowest BCUT2D eigenvalue weighted by Gasteiger charge is -2.31. The summed E-state index contributed by atoms with van der Waals surface area (Å²) >= 11 is 0. The van der Waals surface area contributed by atoms with Gasteiger partial charge in [0.15, 0.2) is 6.40 Å².